The van der Waals surface area contributed by atoms with Gasteiger partial charge in [0.1, 0.15) is 0 Å². The number of carbonyl (C=O) groups excluding carboxylic acids is 1. The molecule has 3 nitrogen and oxygen atoms in total. The van der Waals surface area contributed by atoms with Gasteiger partial charge in [0.2, 0.25) is 5.91 Å². The Kier molecular flexibility index (Phi) is 5.80. The number of hydrogen-bond acceptors (Lipinski definition) is 2. The molecule has 1 aliphatic rings. The molecule has 0 aromatic heterocycles. The van der Waals surface area contributed by atoms with E-state index >= 15 is 0 Å². The van der Waals surface area contributed by atoms with Crippen molar-refractivity contribution in [3.8, 4) is 0 Å². The van der Waals surface area contributed by atoms with Gasteiger partial charge in [-0.15, -0.1) is 12.4 Å². The average Bonchev–Trinajstić information content (AvgIpc) is 2.96. The van der Waals surface area contributed by atoms with Gasteiger partial charge in [0.25, 0.3) is 0 Å². The monoisotopic (exact) mass is 330 g/mol. The number of aryl methyl sites for hydroxylation is 2. The Morgan fingerprint density at radius 1 is 1.09 bits per heavy atom. The summed E-state index contributed by atoms with van der Waals surface area (Å²) < 4.78 is 0. The zero-order valence-electron chi connectivity index (χ0n) is 13.6. The zero-order chi connectivity index (χ0) is 15.5. The second-order valence-electron chi connectivity index (χ2n) is 6.09. The largest absolute Gasteiger partial charge is 0.352 e. The van der Waals surface area contributed by atoms with Gasteiger partial charge in [-0.1, -0.05) is 42.0 Å². The van der Waals surface area contributed by atoms with Gasteiger partial charge in [0.05, 0.1) is 6.42 Å². The highest BCUT2D eigenvalue weighted by molar-refractivity contribution is 5.85. The predicted molar refractivity (Wildman–Crippen MR) is 95.7 cm³/mol. The highest BCUT2D eigenvalue weighted by atomic mass is 35.5. The lowest BCUT2D eigenvalue weighted by molar-refractivity contribution is -0.120. The first-order valence-corrected chi connectivity index (χ1v) is 7.76. The van der Waals surface area contributed by atoms with E-state index < -0.39 is 0 Å². The minimum Gasteiger partial charge on any atom is -0.352 e. The van der Waals surface area contributed by atoms with Crippen LogP contribution < -0.4 is 10.6 Å². The maximum absolute atomic E-state index is 12.2. The number of halogens is 1. The molecule has 0 bridgehead atoms. The van der Waals surface area contributed by atoms with Crippen molar-refractivity contribution in [2.45, 2.75) is 39.9 Å². The number of benzene rings is 2. The minimum atomic E-state index is 0. The van der Waals surface area contributed by atoms with Gasteiger partial charge < -0.3 is 10.6 Å². The summed E-state index contributed by atoms with van der Waals surface area (Å²) in [5, 5.41) is 6.36. The quantitative estimate of drug-likeness (QED) is 0.904. The first-order valence-electron chi connectivity index (χ1n) is 7.76. The summed E-state index contributed by atoms with van der Waals surface area (Å²) in [4.78, 5) is 12.2. The number of nitrogens with one attached hydrogen (secondary N) is 2. The molecule has 4 heteroatoms. The van der Waals surface area contributed by atoms with Crippen LogP contribution in [0.4, 0.5) is 0 Å². The Morgan fingerprint density at radius 2 is 1.87 bits per heavy atom. The predicted octanol–water partition coefficient (Wildman–Crippen LogP) is 3.19. The normalized spacial score (nSPS) is 12.4. The van der Waals surface area contributed by atoms with E-state index in [1.807, 2.05) is 0 Å². The van der Waals surface area contributed by atoms with Crippen molar-refractivity contribution in [2.75, 3.05) is 0 Å². The van der Waals surface area contributed by atoms with Crippen LogP contribution in [0.5, 0.6) is 0 Å². The molecule has 0 aliphatic carbocycles. The third kappa shape index (κ3) is 4.34. The van der Waals surface area contributed by atoms with Crippen molar-refractivity contribution in [1.29, 1.82) is 0 Å². The van der Waals surface area contributed by atoms with Gasteiger partial charge >= 0.3 is 0 Å². The smallest absolute Gasteiger partial charge is 0.224 e. The van der Waals surface area contributed by atoms with E-state index in [0.717, 1.165) is 24.2 Å². The number of rotatable bonds is 4. The summed E-state index contributed by atoms with van der Waals surface area (Å²) in [5.41, 5.74) is 7.35. The van der Waals surface area contributed by atoms with E-state index in [2.05, 4.69) is 60.9 Å². The third-order valence-electron chi connectivity index (χ3n) is 4.25. The van der Waals surface area contributed by atoms with Crippen LogP contribution in [0.2, 0.25) is 0 Å². The highest BCUT2D eigenvalue weighted by Gasteiger charge is 2.11. The molecule has 1 amide bonds. The lowest BCUT2D eigenvalue weighted by Crippen LogP contribution is -2.25. The number of hydrogen-bond donors (Lipinski definition) is 2. The van der Waals surface area contributed by atoms with Crippen LogP contribution >= 0.6 is 12.4 Å². The molecule has 1 heterocycles. The molecule has 122 valence electrons. The van der Waals surface area contributed by atoms with Crippen LogP contribution in [-0.4, -0.2) is 5.91 Å². The SMILES string of the molecule is Cc1ccc(C)c(CC(=O)NCc2ccc3c(c2)CNC3)c1.Cl. The third-order valence-corrected chi connectivity index (χ3v) is 4.25. The Labute approximate surface area is 143 Å². The van der Waals surface area contributed by atoms with E-state index in [1.54, 1.807) is 0 Å². The minimum absolute atomic E-state index is 0. The molecule has 0 spiro atoms. The van der Waals surface area contributed by atoms with Gasteiger partial charge in [0.15, 0.2) is 0 Å². The molecule has 0 atom stereocenters. The van der Waals surface area contributed by atoms with Crippen molar-refractivity contribution in [3.05, 3.63) is 69.8 Å². The van der Waals surface area contributed by atoms with Crippen molar-refractivity contribution in [3.63, 3.8) is 0 Å². The molecule has 2 aromatic carbocycles. The summed E-state index contributed by atoms with van der Waals surface area (Å²) in [7, 11) is 0. The lowest BCUT2D eigenvalue weighted by atomic mass is 10.0. The molecule has 2 aromatic rings. The summed E-state index contributed by atoms with van der Waals surface area (Å²) in [6.45, 7) is 6.58. The maximum Gasteiger partial charge on any atom is 0.224 e. The van der Waals surface area contributed by atoms with Gasteiger partial charge in [-0.2, -0.15) is 0 Å². The molecule has 1 aliphatic heterocycles. The summed E-state index contributed by atoms with van der Waals surface area (Å²) in [6, 6.07) is 12.7. The second kappa shape index (κ2) is 7.62. The molecule has 3 rings (SSSR count). The fraction of sp³-hybridized carbons (Fsp3) is 0.316. The zero-order valence-corrected chi connectivity index (χ0v) is 14.4. The first kappa shape index (κ1) is 17.5. The van der Waals surface area contributed by atoms with Crippen LogP contribution in [0.1, 0.15) is 33.4 Å². The van der Waals surface area contributed by atoms with E-state index in [-0.39, 0.29) is 18.3 Å². The van der Waals surface area contributed by atoms with E-state index in [1.165, 1.54) is 22.3 Å². The molecule has 23 heavy (non-hydrogen) atoms. The first-order chi connectivity index (χ1) is 10.6. The van der Waals surface area contributed by atoms with Gasteiger partial charge in [-0.25, -0.2) is 0 Å². The van der Waals surface area contributed by atoms with Crippen molar-refractivity contribution >= 4 is 18.3 Å². The maximum atomic E-state index is 12.2. The highest BCUT2D eigenvalue weighted by Crippen LogP contribution is 2.17. The van der Waals surface area contributed by atoms with Gasteiger partial charge in [-0.3, -0.25) is 4.79 Å². The Bertz CT molecular complexity index is 713. The second-order valence-corrected chi connectivity index (χ2v) is 6.09. The molecular weight excluding hydrogens is 308 g/mol. The molecule has 0 fully saturated rings. The fourth-order valence-electron chi connectivity index (χ4n) is 2.88. The Morgan fingerprint density at radius 3 is 2.70 bits per heavy atom. The topological polar surface area (TPSA) is 41.1 Å². The molecule has 0 unspecified atom stereocenters. The Hall–Kier alpha value is -1.84. The summed E-state index contributed by atoms with van der Waals surface area (Å²) >= 11 is 0. The molecule has 0 radical (unpaired) electrons. The Balaban J connectivity index is 0.00000192. The summed E-state index contributed by atoms with van der Waals surface area (Å²) in [5.74, 6) is 0.0762. The lowest BCUT2D eigenvalue weighted by Gasteiger charge is -2.09. The standard InChI is InChI=1S/C19H22N2O.ClH/c1-13-3-4-14(2)17(7-13)9-19(22)21-10-15-5-6-16-11-20-12-18(16)8-15;/h3-8,20H,9-12H2,1-2H3,(H,21,22);1H. The number of carbonyl (C=O) groups is 1. The van der Waals surface area contributed by atoms with E-state index in [0.29, 0.717) is 13.0 Å². The van der Waals surface area contributed by atoms with Crippen LogP contribution in [0.25, 0.3) is 0 Å². The van der Waals surface area contributed by atoms with Gasteiger partial charge in [0, 0.05) is 19.6 Å². The number of fused-ring (bicyclic) bond motifs is 1. The van der Waals surface area contributed by atoms with Gasteiger partial charge in [-0.05, 0) is 41.7 Å². The molecule has 0 saturated carbocycles. The summed E-state index contributed by atoms with van der Waals surface area (Å²) in [6.07, 6.45) is 0.444. The van der Waals surface area contributed by atoms with Crippen molar-refractivity contribution in [1.82, 2.24) is 10.6 Å². The average molecular weight is 331 g/mol. The van der Waals surface area contributed by atoms with E-state index in [4.69, 9.17) is 0 Å². The van der Waals surface area contributed by atoms with Crippen LogP contribution in [0, 0.1) is 13.8 Å². The van der Waals surface area contributed by atoms with Crippen LogP contribution in [0.3, 0.4) is 0 Å². The van der Waals surface area contributed by atoms with Crippen LogP contribution in [0.15, 0.2) is 36.4 Å². The van der Waals surface area contributed by atoms with Crippen molar-refractivity contribution < 1.29 is 4.79 Å². The van der Waals surface area contributed by atoms with Crippen LogP contribution in [-0.2, 0) is 30.8 Å². The molecule has 0 saturated heterocycles. The molecular formula is C19H23ClN2O. The van der Waals surface area contributed by atoms with E-state index in [9.17, 15) is 4.79 Å². The fourth-order valence-corrected chi connectivity index (χ4v) is 2.88. The molecule has 2 N–H and O–H groups in total. The number of amides is 1. The van der Waals surface area contributed by atoms with Crippen molar-refractivity contribution in [2.24, 2.45) is 0 Å².